The molecule has 0 unspecified atom stereocenters. The average Bonchev–Trinajstić information content (AvgIpc) is 2.53. The van der Waals surface area contributed by atoms with Gasteiger partial charge in [0.15, 0.2) is 0 Å². The summed E-state index contributed by atoms with van der Waals surface area (Å²) in [4.78, 5) is 17.1. The fourth-order valence-corrected chi connectivity index (χ4v) is 2.90. The number of anilines is 1. The second kappa shape index (κ2) is 7.86. The van der Waals surface area contributed by atoms with E-state index in [1.54, 1.807) is 31.0 Å². The number of alkyl halides is 2. The molecule has 1 aliphatic rings. The number of nitrogens with zero attached hydrogens (tertiary/aromatic N) is 3. The summed E-state index contributed by atoms with van der Waals surface area (Å²) < 4.78 is 32.3. The first-order chi connectivity index (χ1) is 12.1. The van der Waals surface area contributed by atoms with Gasteiger partial charge < -0.3 is 20.4 Å². The van der Waals surface area contributed by atoms with Gasteiger partial charge in [-0.05, 0) is 25.5 Å². The van der Waals surface area contributed by atoms with Gasteiger partial charge in [0.05, 0.1) is 35.0 Å². The minimum atomic E-state index is -2.69. The first-order valence-corrected chi connectivity index (χ1v) is 8.32. The number of likely N-dealkylation sites (N-methyl/N-ethyl adjacent to an activating group) is 1. The zero-order valence-corrected chi connectivity index (χ0v) is 15.3. The van der Waals surface area contributed by atoms with E-state index in [2.05, 4.69) is 4.98 Å². The summed E-state index contributed by atoms with van der Waals surface area (Å²) in [5.74, 6) is 2.61. The molecule has 0 spiro atoms. The maximum absolute atomic E-state index is 13.7. The maximum atomic E-state index is 13.7. The van der Waals surface area contributed by atoms with Gasteiger partial charge in [-0.3, -0.25) is 4.79 Å². The molecular formula is C17H25F2N5O2. The second-order valence-electron chi connectivity index (χ2n) is 6.43. The van der Waals surface area contributed by atoms with Crippen molar-refractivity contribution in [3.8, 4) is 0 Å². The van der Waals surface area contributed by atoms with Gasteiger partial charge in [-0.2, -0.15) is 0 Å². The summed E-state index contributed by atoms with van der Waals surface area (Å²) in [7, 11) is 1.57. The molecule has 144 valence electrons. The van der Waals surface area contributed by atoms with Gasteiger partial charge in [0.25, 0.3) is 5.92 Å². The Morgan fingerprint density at radius 2 is 2.15 bits per heavy atom. The van der Waals surface area contributed by atoms with E-state index in [0.29, 0.717) is 35.7 Å². The van der Waals surface area contributed by atoms with E-state index in [1.165, 1.54) is 11.9 Å². The summed E-state index contributed by atoms with van der Waals surface area (Å²) in [6.07, 6.45) is 0.340. The molecule has 0 amide bonds. The highest BCUT2D eigenvalue weighted by atomic mass is 19.3. The van der Waals surface area contributed by atoms with E-state index >= 15 is 0 Å². The van der Waals surface area contributed by atoms with E-state index in [4.69, 9.17) is 16.3 Å². The van der Waals surface area contributed by atoms with Crippen molar-refractivity contribution in [2.24, 2.45) is 11.6 Å². The zero-order valence-electron chi connectivity index (χ0n) is 15.3. The van der Waals surface area contributed by atoms with Gasteiger partial charge in [-0.15, -0.1) is 0 Å². The van der Waals surface area contributed by atoms with Crippen molar-refractivity contribution in [3.05, 3.63) is 29.2 Å². The van der Waals surface area contributed by atoms with Crippen LogP contribution in [0.5, 0.6) is 0 Å². The van der Waals surface area contributed by atoms with Crippen LogP contribution in [0.2, 0.25) is 0 Å². The maximum Gasteiger partial charge on any atom is 0.303 e. The average molecular weight is 369 g/mol. The molecular weight excluding hydrogens is 344 g/mol. The largest absolute Gasteiger partial charge is 0.459 e. The van der Waals surface area contributed by atoms with Crippen molar-refractivity contribution in [2.75, 3.05) is 31.6 Å². The lowest BCUT2D eigenvalue weighted by Crippen LogP contribution is -2.43. The molecule has 1 aliphatic heterocycles. The third-order valence-electron chi connectivity index (χ3n) is 4.22. The summed E-state index contributed by atoms with van der Waals surface area (Å²) in [6, 6.07) is 3.38. The number of pyridine rings is 1. The van der Waals surface area contributed by atoms with Crippen molar-refractivity contribution in [1.82, 2.24) is 9.99 Å². The van der Waals surface area contributed by atoms with Crippen molar-refractivity contribution in [1.29, 1.82) is 0 Å². The van der Waals surface area contributed by atoms with E-state index < -0.39 is 11.9 Å². The molecule has 9 heteroatoms. The predicted molar refractivity (Wildman–Crippen MR) is 95.1 cm³/mol. The summed E-state index contributed by atoms with van der Waals surface area (Å²) >= 11 is 0. The van der Waals surface area contributed by atoms with E-state index in [1.807, 2.05) is 0 Å². The number of hydrogen-bond acceptors (Lipinski definition) is 7. The third-order valence-corrected chi connectivity index (χ3v) is 4.22. The predicted octanol–water partition coefficient (Wildman–Crippen LogP) is 1.62. The first kappa shape index (κ1) is 19.9. The third kappa shape index (κ3) is 4.81. The van der Waals surface area contributed by atoms with Crippen LogP contribution in [-0.4, -0.2) is 48.6 Å². The highest BCUT2D eigenvalue weighted by Crippen LogP contribution is 2.31. The smallest absolute Gasteiger partial charge is 0.303 e. The number of esters is 1. The lowest BCUT2D eigenvalue weighted by atomic mass is 10.1. The molecule has 0 saturated carbocycles. The number of hydrazine groups is 1. The number of rotatable bonds is 5. The van der Waals surface area contributed by atoms with E-state index in [9.17, 15) is 13.6 Å². The topological polar surface area (TPSA) is 97.7 Å². The van der Waals surface area contributed by atoms with Gasteiger partial charge in [0, 0.05) is 26.9 Å². The lowest BCUT2D eigenvalue weighted by molar-refractivity contribution is -0.140. The summed E-state index contributed by atoms with van der Waals surface area (Å²) in [5.41, 5.74) is 8.48. The number of hydrogen-bond donors (Lipinski definition) is 2. The lowest BCUT2D eigenvalue weighted by Gasteiger charge is -2.34. The van der Waals surface area contributed by atoms with E-state index in [-0.39, 0.29) is 25.3 Å². The molecule has 0 atom stereocenters. The van der Waals surface area contributed by atoms with Crippen LogP contribution in [0.4, 0.5) is 14.5 Å². The van der Waals surface area contributed by atoms with Gasteiger partial charge in [0.2, 0.25) is 0 Å². The van der Waals surface area contributed by atoms with Gasteiger partial charge in [-0.25, -0.2) is 19.6 Å². The molecule has 1 fully saturated rings. The molecule has 2 rings (SSSR count). The molecule has 0 aromatic carbocycles. The fourth-order valence-electron chi connectivity index (χ4n) is 2.90. The quantitative estimate of drug-likeness (QED) is 0.462. The highest BCUT2D eigenvalue weighted by molar-refractivity contribution is 5.68. The van der Waals surface area contributed by atoms with Crippen LogP contribution in [0.1, 0.15) is 31.2 Å². The Bertz CT molecular complexity index is 706. The van der Waals surface area contributed by atoms with Gasteiger partial charge >= 0.3 is 5.97 Å². The monoisotopic (exact) mass is 369 g/mol. The Hall–Kier alpha value is -2.42. The van der Waals surface area contributed by atoms with Crippen molar-refractivity contribution in [2.45, 2.75) is 32.6 Å². The van der Waals surface area contributed by atoms with Gasteiger partial charge in [0.1, 0.15) is 6.61 Å². The zero-order chi connectivity index (χ0) is 19.5. The number of carbonyl (C=O) groups is 1. The fraction of sp³-hybridized carbons (Fsp3) is 0.529. The van der Waals surface area contributed by atoms with Crippen LogP contribution < -0.4 is 16.5 Å². The Balaban J connectivity index is 2.29. The Kier molecular flexibility index (Phi) is 6.01. The number of aryl methyl sites for hydroxylation is 1. The minimum absolute atomic E-state index is 0.0883. The molecule has 1 aromatic heterocycles. The number of halogens is 2. The standard InChI is InChI=1S/C17H25F2N5O2/c1-11-14(24-8-4-7-17(18,19)10-24)6-5-13(22-11)16(20)15(23(3)21)9-26-12(2)25/h5-6H,4,7-10,20-21H2,1-3H3/b16-15-. The van der Waals surface area contributed by atoms with Crippen LogP contribution >= 0.6 is 0 Å². The van der Waals surface area contributed by atoms with Crippen molar-refractivity contribution in [3.63, 3.8) is 0 Å². The Morgan fingerprint density at radius 1 is 1.46 bits per heavy atom. The summed E-state index contributed by atoms with van der Waals surface area (Å²) in [5, 5.41) is 1.26. The molecule has 0 bridgehead atoms. The Morgan fingerprint density at radius 3 is 2.69 bits per heavy atom. The molecule has 0 radical (unpaired) electrons. The number of aromatic nitrogens is 1. The SMILES string of the molecule is CC(=O)OC/C(=C(/N)c1ccc(N2CCCC(F)(F)C2)c(C)n1)N(C)N. The number of carbonyl (C=O) groups excluding carboxylic acids is 1. The molecule has 7 nitrogen and oxygen atoms in total. The molecule has 4 N–H and O–H groups in total. The number of ether oxygens (including phenoxy) is 1. The Labute approximate surface area is 151 Å². The van der Waals surface area contributed by atoms with E-state index in [0.717, 1.165) is 0 Å². The molecule has 26 heavy (non-hydrogen) atoms. The number of piperidine rings is 1. The summed E-state index contributed by atoms with van der Waals surface area (Å²) in [6.45, 7) is 3.19. The van der Waals surface area contributed by atoms with Crippen molar-refractivity contribution < 1.29 is 18.3 Å². The van der Waals surface area contributed by atoms with Crippen LogP contribution in [0, 0.1) is 6.92 Å². The molecule has 0 aliphatic carbocycles. The van der Waals surface area contributed by atoms with Crippen LogP contribution in [0.3, 0.4) is 0 Å². The van der Waals surface area contributed by atoms with Crippen LogP contribution in [0.25, 0.3) is 5.70 Å². The highest BCUT2D eigenvalue weighted by Gasteiger charge is 2.35. The van der Waals surface area contributed by atoms with Crippen molar-refractivity contribution >= 4 is 17.4 Å². The van der Waals surface area contributed by atoms with Crippen LogP contribution in [0.15, 0.2) is 17.8 Å². The number of nitrogens with two attached hydrogens (primary N) is 2. The molecule has 1 saturated heterocycles. The first-order valence-electron chi connectivity index (χ1n) is 8.32. The second-order valence-corrected chi connectivity index (χ2v) is 6.43. The molecule has 1 aromatic rings. The molecule has 2 heterocycles. The van der Waals surface area contributed by atoms with Crippen LogP contribution in [-0.2, 0) is 9.53 Å². The normalized spacial score (nSPS) is 17.5. The van der Waals surface area contributed by atoms with Gasteiger partial charge in [-0.1, -0.05) is 0 Å². The minimum Gasteiger partial charge on any atom is -0.459 e.